The fourth-order valence-corrected chi connectivity index (χ4v) is 1.85. The molecule has 0 spiro atoms. The molecule has 5 nitrogen and oxygen atoms in total. The second kappa shape index (κ2) is 6.44. The first kappa shape index (κ1) is 14.4. The van der Waals surface area contributed by atoms with Gasteiger partial charge in [-0.1, -0.05) is 6.07 Å². The van der Waals surface area contributed by atoms with Crippen molar-refractivity contribution in [2.75, 3.05) is 14.2 Å². The Balaban J connectivity index is 2.51. The van der Waals surface area contributed by atoms with Gasteiger partial charge in [-0.3, -0.25) is 4.98 Å². The van der Waals surface area contributed by atoms with E-state index in [1.807, 2.05) is 6.07 Å². The van der Waals surface area contributed by atoms with Crippen molar-refractivity contribution in [3.63, 3.8) is 0 Å². The Hall–Kier alpha value is -3.00. The van der Waals surface area contributed by atoms with Crippen molar-refractivity contribution < 1.29 is 14.6 Å². The lowest BCUT2D eigenvalue weighted by Gasteiger charge is -2.09. The average Bonchev–Trinajstić information content (AvgIpc) is 2.54. The number of methoxy groups -OCH3 is 2. The molecule has 0 aliphatic rings. The van der Waals surface area contributed by atoms with Crippen LogP contribution >= 0.6 is 0 Å². The standard InChI is InChI=1S/C16H14N2O3/c1-20-14-8-11(9-15(21-2)16(14)19)7-12(10-17)13-5-3-4-6-18-13/h3-9,19H,1-2H3. The third kappa shape index (κ3) is 3.12. The van der Waals surface area contributed by atoms with Crippen LogP contribution in [-0.2, 0) is 0 Å². The van der Waals surface area contributed by atoms with Crippen LogP contribution in [0.3, 0.4) is 0 Å². The average molecular weight is 282 g/mol. The highest BCUT2D eigenvalue weighted by molar-refractivity contribution is 5.88. The molecule has 0 amide bonds. The molecular formula is C16H14N2O3. The van der Waals surface area contributed by atoms with Crippen LogP contribution in [0.15, 0.2) is 36.5 Å². The number of phenols is 1. The number of rotatable bonds is 4. The highest BCUT2D eigenvalue weighted by atomic mass is 16.5. The second-order valence-corrected chi connectivity index (χ2v) is 4.16. The van der Waals surface area contributed by atoms with E-state index < -0.39 is 0 Å². The molecule has 2 aromatic rings. The van der Waals surface area contributed by atoms with Crippen molar-refractivity contribution in [3.05, 3.63) is 47.8 Å². The minimum Gasteiger partial charge on any atom is -0.502 e. The summed E-state index contributed by atoms with van der Waals surface area (Å²) in [6.07, 6.45) is 3.28. The fraction of sp³-hybridized carbons (Fsp3) is 0.125. The first-order valence-corrected chi connectivity index (χ1v) is 6.17. The molecule has 0 bridgehead atoms. The van der Waals surface area contributed by atoms with Gasteiger partial charge in [0.2, 0.25) is 5.75 Å². The molecule has 1 aromatic carbocycles. The third-order valence-corrected chi connectivity index (χ3v) is 2.87. The van der Waals surface area contributed by atoms with Gasteiger partial charge in [-0.15, -0.1) is 0 Å². The SMILES string of the molecule is COc1cc(C=C(C#N)c2ccccn2)cc(OC)c1O. The van der Waals surface area contributed by atoms with Gasteiger partial charge in [0.15, 0.2) is 11.5 Å². The van der Waals surface area contributed by atoms with Crippen LogP contribution in [-0.4, -0.2) is 24.3 Å². The minimum absolute atomic E-state index is 0.0755. The van der Waals surface area contributed by atoms with E-state index in [-0.39, 0.29) is 17.2 Å². The maximum atomic E-state index is 9.87. The van der Waals surface area contributed by atoms with Gasteiger partial charge in [0, 0.05) is 6.20 Å². The molecule has 0 saturated heterocycles. The molecule has 1 heterocycles. The summed E-state index contributed by atoms with van der Waals surface area (Å²) in [5.74, 6) is 0.478. The maximum absolute atomic E-state index is 9.87. The number of allylic oxidation sites excluding steroid dienone is 1. The van der Waals surface area contributed by atoms with E-state index >= 15 is 0 Å². The van der Waals surface area contributed by atoms with Crippen molar-refractivity contribution in [1.29, 1.82) is 5.26 Å². The number of pyridine rings is 1. The number of nitriles is 1. The molecule has 0 aliphatic carbocycles. The monoisotopic (exact) mass is 282 g/mol. The van der Waals surface area contributed by atoms with Gasteiger partial charge >= 0.3 is 0 Å². The van der Waals surface area contributed by atoms with E-state index in [4.69, 9.17) is 9.47 Å². The van der Waals surface area contributed by atoms with Crippen LogP contribution < -0.4 is 9.47 Å². The number of aromatic hydroxyl groups is 1. The Morgan fingerprint density at radius 2 is 1.90 bits per heavy atom. The van der Waals surface area contributed by atoms with Gasteiger partial charge in [0.05, 0.1) is 25.5 Å². The fourth-order valence-electron chi connectivity index (χ4n) is 1.85. The van der Waals surface area contributed by atoms with Crippen LogP contribution in [0.4, 0.5) is 0 Å². The predicted octanol–water partition coefficient (Wildman–Crippen LogP) is 2.87. The summed E-state index contributed by atoms with van der Waals surface area (Å²) in [7, 11) is 2.90. The van der Waals surface area contributed by atoms with E-state index in [0.717, 1.165) is 0 Å². The Morgan fingerprint density at radius 1 is 1.24 bits per heavy atom. The smallest absolute Gasteiger partial charge is 0.200 e. The van der Waals surface area contributed by atoms with E-state index in [2.05, 4.69) is 11.1 Å². The van der Waals surface area contributed by atoms with Crippen LogP contribution in [0.5, 0.6) is 17.2 Å². The highest BCUT2D eigenvalue weighted by Gasteiger charge is 2.11. The summed E-state index contributed by atoms with van der Waals surface area (Å²) < 4.78 is 10.2. The molecule has 1 N–H and O–H groups in total. The quantitative estimate of drug-likeness (QED) is 0.873. The van der Waals surface area contributed by atoms with Crippen molar-refractivity contribution in [3.8, 4) is 23.3 Å². The molecule has 21 heavy (non-hydrogen) atoms. The third-order valence-electron chi connectivity index (χ3n) is 2.87. The van der Waals surface area contributed by atoms with Crippen molar-refractivity contribution >= 4 is 11.6 Å². The number of nitrogens with zero attached hydrogens (tertiary/aromatic N) is 2. The first-order chi connectivity index (χ1) is 10.2. The molecule has 0 aliphatic heterocycles. The number of phenolic OH excluding ortho intramolecular Hbond substituents is 1. The van der Waals surface area contributed by atoms with Crippen molar-refractivity contribution in [2.45, 2.75) is 0 Å². The molecule has 5 heteroatoms. The second-order valence-electron chi connectivity index (χ2n) is 4.16. The van der Waals surface area contributed by atoms with Crippen LogP contribution in [0.25, 0.3) is 11.6 Å². The molecule has 106 valence electrons. The van der Waals surface area contributed by atoms with Crippen LogP contribution in [0, 0.1) is 11.3 Å². The lowest BCUT2D eigenvalue weighted by Crippen LogP contribution is -1.91. The van der Waals surface area contributed by atoms with Crippen LogP contribution in [0.1, 0.15) is 11.3 Å². The normalized spacial score (nSPS) is 10.8. The lowest BCUT2D eigenvalue weighted by atomic mass is 10.1. The number of aromatic nitrogens is 1. The van der Waals surface area contributed by atoms with Gasteiger partial charge in [-0.05, 0) is 35.9 Å². The molecule has 2 rings (SSSR count). The summed E-state index contributed by atoms with van der Waals surface area (Å²) in [5, 5.41) is 19.2. The summed E-state index contributed by atoms with van der Waals surface area (Å²) in [5.41, 5.74) is 1.65. The number of hydrogen-bond acceptors (Lipinski definition) is 5. The topological polar surface area (TPSA) is 75.4 Å². The molecule has 0 fully saturated rings. The van der Waals surface area contributed by atoms with E-state index in [1.165, 1.54) is 14.2 Å². The van der Waals surface area contributed by atoms with Gasteiger partial charge in [0.25, 0.3) is 0 Å². The molecule has 0 radical (unpaired) electrons. The molecule has 0 unspecified atom stereocenters. The van der Waals surface area contributed by atoms with Gasteiger partial charge in [0.1, 0.15) is 6.07 Å². The van der Waals surface area contributed by atoms with Gasteiger partial charge < -0.3 is 14.6 Å². The number of hydrogen-bond donors (Lipinski definition) is 1. The summed E-state index contributed by atoms with van der Waals surface area (Å²) in [4.78, 5) is 4.15. The van der Waals surface area contributed by atoms with E-state index in [0.29, 0.717) is 16.8 Å². The molecule has 1 aromatic heterocycles. The Labute approximate surface area is 122 Å². The molecule has 0 atom stereocenters. The largest absolute Gasteiger partial charge is 0.502 e. The Kier molecular flexibility index (Phi) is 4.42. The zero-order valence-corrected chi connectivity index (χ0v) is 11.7. The van der Waals surface area contributed by atoms with Crippen LogP contribution in [0.2, 0.25) is 0 Å². The summed E-state index contributed by atoms with van der Waals surface area (Å²) in [6.45, 7) is 0. The number of ether oxygens (including phenoxy) is 2. The van der Waals surface area contributed by atoms with E-state index in [9.17, 15) is 10.4 Å². The van der Waals surface area contributed by atoms with Crippen molar-refractivity contribution in [2.24, 2.45) is 0 Å². The van der Waals surface area contributed by atoms with Crippen molar-refractivity contribution in [1.82, 2.24) is 4.98 Å². The Morgan fingerprint density at radius 3 is 2.38 bits per heavy atom. The summed E-state index contributed by atoms with van der Waals surface area (Å²) >= 11 is 0. The zero-order valence-electron chi connectivity index (χ0n) is 11.7. The van der Waals surface area contributed by atoms with E-state index in [1.54, 1.807) is 36.5 Å². The summed E-state index contributed by atoms with van der Waals surface area (Å²) in [6, 6.07) is 10.7. The molecular weight excluding hydrogens is 268 g/mol. The number of benzene rings is 1. The zero-order chi connectivity index (χ0) is 15.2. The highest BCUT2D eigenvalue weighted by Crippen LogP contribution is 2.37. The maximum Gasteiger partial charge on any atom is 0.200 e. The predicted molar refractivity (Wildman–Crippen MR) is 78.9 cm³/mol. The van der Waals surface area contributed by atoms with Gasteiger partial charge in [-0.25, -0.2) is 0 Å². The lowest BCUT2D eigenvalue weighted by molar-refractivity contribution is 0.340. The van der Waals surface area contributed by atoms with Gasteiger partial charge in [-0.2, -0.15) is 5.26 Å². The minimum atomic E-state index is -0.0755. The Bertz CT molecular complexity index is 678. The molecule has 0 saturated carbocycles. The first-order valence-electron chi connectivity index (χ1n) is 6.17.